The van der Waals surface area contributed by atoms with Gasteiger partial charge in [-0.25, -0.2) is 9.97 Å². The number of hydrogen-bond acceptors (Lipinski definition) is 4. The average Bonchev–Trinajstić information content (AvgIpc) is 3.19. The van der Waals surface area contributed by atoms with Crippen molar-refractivity contribution in [2.24, 2.45) is 0 Å². The molecule has 3 rings (SSSR count). The van der Waals surface area contributed by atoms with Gasteiger partial charge in [0.05, 0.1) is 7.11 Å². The molecule has 0 atom stereocenters. The number of ether oxygens (including phenoxy) is 1. The number of methoxy groups -OCH3 is 1. The molecule has 0 fully saturated rings. The number of aromatic nitrogens is 3. The number of rotatable bonds is 6. The number of aryl methyl sites for hydroxylation is 2. The van der Waals surface area contributed by atoms with Crippen LogP contribution in [0.2, 0.25) is 0 Å². The van der Waals surface area contributed by atoms with Crippen LogP contribution in [0.15, 0.2) is 42.9 Å². The van der Waals surface area contributed by atoms with E-state index in [0.29, 0.717) is 0 Å². The molecule has 3 aromatic rings. The van der Waals surface area contributed by atoms with E-state index in [2.05, 4.69) is 15.0 Å². The summed E-state index contributed by atoms with van der Waals surface area (Å²) in [5.74, 6) is 1.92. The van der Waals surface area contributed by atoms with Crippen molar-refractivity contribution < 1.29 is 4.74 Å². The fourth-order valence-electron chi connectivity index (χ4n) is 2.15. The van der Waals surface area contributed by atoms with E-state index in [-0.39, 0.29) is 0 Å². The number of aromatic amines is 1. The lowest BCUT2D eigenvalue weighted by molar-refractivity contribution is 0.415. The number of benzene rings is 1. The van der Waals surface area contributed by atoms with E-state index in [4.69, 9.17) is 4.74 Å². The fraction of sp³-hybridized carbons (Fsp3) is 0.250. The normalized spacial score (nSPS) is 10.7. The summed E-state index contributed by atoms with van der Waals surface area (Å²) < 4.78 is 5.17. The van der Waals surface area contributed by atoms with Gasteiger partial charge in [0.1, 0.15) is 16.6 Å². The van der Waals surface area contributed by atoms with Crippen LogP contribution in [0.25, 0.3) is 10.6 Å². The van der Waals surface area contributed by atoms with Gasteiger partial charge in [-0.3, -0.25) is 0 Å². The molecule has 0 amide bonds. The van der Waals surface area contributed by atoms with Gasteiger partial charge in [-0.2, -0.15) is 0 Å². The average molecular weight is 299 g/mol. The van der Waals surface area contributed by atoms with Gasteiger partial charge in [-0.1, -0.05) is 0 Å². The Labute approximate surface area is 127 Å². The molecule has 21 heavy (non-hydrogen) atoms. The Bertz CT molecular complexity index is 674. The molecular weight excluding hydrogens is 282 g/mol. The van der Waals surface area contributed by atoms with Crippen LogP contribution < -0.4 is 4.74 Å². The second-order valence-electron chi connectivity index (χ2n) is 4.75. The van der Waals surface area contributed by atoms with Gasteiger partial charge in [0.25, 0.3) is 0 Å². The zero-order chi connectivity index (χ0) is 14.5. The van der Waals surface area contributed by atoms with Crippen LogP contribution >= 0.6 is 11.3 Å². The maximum absolute atomic E-state index is 5.17. The number of imidazole rings is 1. The summed E-state index contributed by atoms with van der Waals surface area (Å²) in [6, 6.07) is 8.02. The van der Waals surface area contributed by atoms with Crippen LogP contribution in [0.4, 0.5) is 0 Å². The van der Waals surface area contributed by atoms with Gasteiger partial charge >= 0.3 is 0 Å². The molecule has 4 nitrogen and oxygen atoms in total. The molecule has 1 aromatic carbocycles. The van der Waals surface area contributed by atoms with E-state index in [9.17, 15) is 0 Å². The summed E-state index contributed by atoms with van der Waals surface area (Å²) in [5.41, 5.74) is 1.14. The molecule has 0 saturated heterocycles. The predicted molar refractivity (Wildman–Crippen MR) is 84.7 cm³/mol. The van der Waals surface area contributed by atoms with E-state index in [1.165, 1.54) is 4.88 Å². The maximum Gasteiger partial charge on any atom is 0.123 e. The lowest BCUT2D eigenvalue weighted by Gasteiger charge is -2.00. The van der Waals surface area contributed by atoms with Crippen LogP contribution in [0, 0.1) is 0 Å². The number of H-pyrrole nitrogens is 1. The Morgan fingerprint density at radius 3 is 2.71 bits per heavy atom. The van der Waals surface area contributed by atoms with Crippen LogP contribution in [-0.2, 0) is 12.8 Å². The zero-order valence-corrected chi connectivity index (χ0v) is 12.7. The molecule has 0 bridgehead atoms. The Morgan fingerprint density at radius 2 is 2.00 bits per heavy atom. The van der Waals surface area contributed by atoms with Gasteiger partial charge in [0.15, 0.2) is 0 Å². The molecule has 0 radical (unpaired) electrons. The fourth-order valence-corrected chi connectivity index (χ4v) is 3.11. The third kappa shape index (κ3) is 3.49. The summed E-state index contributed by atoms with van der Waals surface area (Å²) in [6.07, 6.45) is 8.73. The van der Waals surface area contributed by atoms with Crippen molar-refractivity contribution in [3.05, 3.63) is 53.6 Å². The minimum absolute atomic E-state index is 0.869. The van der Waals surface area contributed by atoms with Crippen molar-refractivity contribution in [2.75, 3.05) is 7.11 Å². The number of nitrogens with zero attached hydrogens (tertiary/aromatic N) is 2. The smallest absolute Gasteiger partial charge is 0.123 e. The van der Waals surface area contributed by atoms with Crippen molar-refractivity contribution in [3.63, 3.8) is 0 Å². The molecular formula is C16H17N3OS. The molecule has 1 N–H and O–H groups in total. The van der Waals surface area contributed by atoms with Crippen molar-refractivity contribution >= 4 is 11.3 Å². The van der Waals surface area contributed by atoms with E-state index in [0.717, 1.165) is 41.4 Å². The Morgan fingerprint density at radius 1 is 1.14 bits per heavy atom. The summed E-state index contributed by atoms with van der Waals surface area (Å²) in [4.78, 5) is 13.2. The lowest BCUT2D eigenvalue weighted by Crippen LogP contribution is -1.90. The SMILES string of the molecule is COc1ccc(-c2ncc(CCCc3ncc[nH]3)s2)cc1. The maximum atomic E-state index is 5.17. The highest BCUT2D eigenvalue weighted by Gasteiger charge is 2.05. The molecule has 0 saturated carbocycles. The standard InChI is InChI=1S/C16H17N3OS/c1-20-13-7-5-12(6-8-13)16-19-11-14(21-16)3-2-4-15-17-9-10-18-15/h5-11H,2-4H2,1H3,(H,17,18). The molecule has 2 heterocycles. The Kier molecular flexibility index (Phi) is 4.31. The van der Waals surface area contributed by atoms with Gasteiger partial charge < -0.3 is 9.72 Å². The van der Waals surface area contributed by atoms with Crippen LogP contribution in [0.5, 0.6) is 5.75 Å². The van der Waals surface area contributed by atoms with E-state index >= 15 is 0 Å². The highest BCUT2D eigenvalue weighted by Crippen LogP contribution is 2.27. The first-order valence-electron chi connectivity index (χ1n) is 6.92. The first-order valence-corrected chi connectivity index (χ1v) is 7.74. The molecule has 0 aliphatic rings. The Balaban J connectivity index is 1.60. The van der Waals surface area contributed by atoms with Crippen molar-refractivity contribution in [1.29, 1.82) is 0 Å². The van der Waals surface area contributed by atoms with E-state index < -0.39 is 0 Å². The second kappa shape index (κ2) is 6.54. The first kappa shape index (κ1) is 13.8. The summed E-state index contributed by atoms with van der Waals surface area (Å²) >= 11 is 1.75. The lowest BCUT2D eigenvalue weighted by atomic mass is 10.2. The third-order valence-electron chi connectivity index (χ3n) is 3.28. The highest BCUT2D eigenvalue weighted by atomic mass is 32.1. The van der Waals surface area contributed by atoms with Crippen molar-refractivity contribution in [3.8, 4) is 16.3 Å². The minimum atomic E-state index is 0.869. The van der Waals surface area contributed by atoms with Crippen molar-refractivity contribution in [2.45, 2.75) is 19.3 Å². The van der Waals surface area contributed by atoms with Crippen molar-refractivity contribution in [1.82, 2.24) is 15.0 Å². The van der Waals surface area contributed by atoms with Crippen LogP contribution in [-0.4, -0.2) is 22.1 Å². The summed E-state index contributed by atoms with van der Waals surface area (Å²) in [6.45, 7) is 0. The monoisotopic (exact) mass is 299 g/mol. The second-order valence-corrected chi connectivity index (χ2v) is 5.86. The summed E-state index contributed by atoms with van der Waals surface area (Å²) in [7, 11) is 1.68. The van der Waals surface area contributed by atoms with Gasteiger partial charge in [-0.05, 0) is 37.1 Å². The van der Waals surface area contributed by atoms with E-state index in [1.807, 2.05) is 36.7 Å². The molecule has 5 heteroatoms. The molecule has 0 aliphatic carbocycles. The van der Waals surface area contributed by atoms with E-state index in [1.54, 1.807) is 24.6 Å². The molecule has 108 valence electrons. The topological polar surface area (TPSA) is 50.8 Å². The minimum Gasteiger partial charge on any atom is -0.497 e. The van der Waals surface area contributed by atoms with Crippen LogP contribution in [0.1, 0.15) is 17.1 Å². The van der Waals surface area contributed by atoms with Gasteiger partial charge in [-0.15, -0.1) is 11.3 Å². The molecule has 0 unspecified atom stereocenters. The first-order chi connectivity index (χ1) is 10.3. The number of thiazole rings is 1. The summed E-state index contributed by atoms with van der Waals surface area (Å²) in [5, 5.41) is 1.06. The van der Waals surface area contributed by atoms with Gasteiger partial charge in [0.2, 0.25) is 0 Å². The largest absolute Gasteiger partial charge is 0.497 e. The number of nitrogens with one attached hydrogen (secondary N) is 1. The molecule has 0 aliphatic heterocycles. The molecule has 2 aromatic heterocycles. The Hall–Kier alpha value is -2.14. The third-order valence-corrected chi connectivity index (χ3v) is 4.39. The van der Waals surface area contributed by atoms with Crippen LogP contribution in [0.3, 0.4) is 0 Å². The number of hydrogen-bond donors (Lipinski definition) is 1. The zero-order valence-electron chi connectivity index (χ0n) is 11.9. The highest BCUT2D eigenvalue weighted by molar-refractivity contribution is 7.15. The predicted octanol–water partition coefficient (Wildman–Crippen LogP) is 3.72. The van der Waals surface area contributed by atoms with Gasteiger partial charge in [0, 0.05) is 35.5 Å². The quantitative estimate of drug-likeness (QED) is 0.754. The molecule has 0 spiro atoms.